The first-order valence-electron chi connectivity index (χ1n) is 15.8. The van der Waals surface area contributed by atoms with Crippen LogP contribution < -0.4 is 27.0 Å². The summed E-state index contributed by atoms with van der Waals surface area (Å²) in [4.78, 5) is 60.9. The molecule has 1 aliphatic heterocycles. The molecule has 0 aromatic carbocycles. The molecule has 0 spiro atoms. The molecule has 308 valence electrons. The van der Waals surface area contributed by atoms with Crippen LogP contribution in [0.5, 0.6) is 0 Å². The van der Waals surface area contributed by atoms with Gasteiger partial charge in [-0.1, -0.05) is 66.7 Å². The van der Waals surface area contributed by atoms with E-state index in [1.807, 2.05) is 0 Å². The monoisotopic (exact) mass is 991 g/mol. The second-order valence-electron chi connectivity index (χ2n) is 9.21. The van der Waals surface area contributed by atoms with Crippen molar-refractivity contribution in [2.75, 3.05) is 33.4 Å². The van der Waals surface area contributed by atoms with Crippen LogP contribution in [0.25, 0.3) is 0 Å². The number of aliphatic hydroxyl groups is 1. The van der Waals surface area contributed by atoms with E-state index >= 15 is 0 Å². The van der Waals surface area contributed by atoms with Gasteiger partial charge in [-0.15, -0.1) is 0 Å². The zero-order valence-corrected chi connectivity index (χ0v) is 41.4. The molecule has 20 heteroatoms. The van der Waals surface area contributed by atoms with E-state index in [9.17, 15) is 24.0 Å². The number of rotatable bonds is 14. The zero-order valence-electron chi connectivity index (χ0n) is 32.9. The van der Waals surface area contributed by atoms with Crippen LogP contribution in [0.15, 0.2) is 0 Å². The average molecular weight is 991 g/mol. The number of ether oxygens (including phenoxy) is 1. The Labute approximate surface area is 411 Å². The number of carboxylic acids is 1. The van der Waals surface area contributed by atoms with Crippen LogP contribution in [0.1, 0.15) is 105 Å². The molecule has 14 nitrogen and oxygen atoms in total. The molecular weight excluding hydrogens is 922 g/mol. The van der Waals surface area contributed by atoms with Gasteiger partial charge in [0.2, 0.25) is 0 Å². The fourth-order valence-electron chi connectivity index (χ4n) is 2.29. The molecule has 0 aromatic heterocycles. The van der Waals surface area contributed by atoms with Crippen LogP contribution in [0.4, 0.5) is 4.79 Å². The van der Waals surface area contributed by atoms with E-state index in [0.29, 0.717) is 38.9 Å². The standard InChI is InChI=1S/C7H10N3O3.C5H10NO2.3C5H11.C4H9NO2.C2H3O2.CH4.3B.3Y/c1-4(11)8-3-2-5-6(12)10-7(13)9-5;1-5(8)6-3-2-4-7;3*1-3-5-4-2;1-7-4(6)2-3-5;1-2(3)4;;;;;;;/h5H,1-3H2,(H,8,11)(H2,9,10,12,13);7H,1-4H2,(H,6,8);3*1,3-5H2,2H3;2-3,5H2,1H3;1H2,(H,3,4);1H4;;;;;;/q5*-1;;-1;;;;;;;. The maximum atomic E-state index is 10.9. The molecule has 12 radical (unpaired) electrons. The predicted octanol–water partition coefficient (Wildman–Crippen LogP) is 2.79. The third-order valence-electron chi connectivity index (χ3n) is 4.66. The number of urea groups is 1. The molecule has 1 fully saturated rings. The number of aliphatic hydroxyl groups excluding tert-OH is 1. The summed E-state index contributed by atoms with van der Waals surface area (Å²) in [6.07, 6.45) is 12.2. The number of hydrogen-bond donors (Lipinski definition) is 7. The third kappa shape index (κ3) is 117. The van der Waals surface area contributed by atoms with Gasteiger partial charge in [0.1, 0.15) is 6.04 Å². The van der Waals surface area contributed by atoms with Crippen LogP contribution in [-0.4, -0.2) is 111 Å². The summed E-state index contributed by atoms with van der Waals surface area (Å²) in [5.41, 5.74) is 5.00. The number of amides is 5. The number of unbranched alkanes of at least 4 members (excludes halogenated alkanes) is 6. The summed E-state index contributed by atoms with van der Waals surface area (Å²) in [6.45, 7) is 27.6. The summed E-state index contributed by atoms with van der Waals surface area (Å²) in [6, 6.07) is -1.03. The summed E-state index contributed by atoms with van der Waals surface area (Å²) < 4.78 is 4.27. The van der Waals surface area contributed by atoms with Crippen molar-refractivity contribution >= 4 is 60.9 Å². The second kappa shape index (κ2) is 81.1. The van der Waals surface area contributed by atoms with Gasteiger partial charge in [0, 0.05) is 150 Å². The number of hydrogen-bond acceptors (Lipinski definition) is 9. The van der Waals surface area contributed by atoms with Crippen LogP contribution >= 0.6 is 0 Å². The number of nitrogens with one attached hydrogen (secondary N) is 4. The van der Waals surface area contributed by atoms with Crippen molar-refractivity contribution in [1.29, 1.82) is 0 Å². The molecule has 1 unspecified atom stereocenters. The fourth-order valence-corrected chi connectivity index (χ4v) is 2.29. The Morgan fingerprint density at radius 3 is 1.31 bits per heavy atom. The molecule has 1 rings (SSSR count). The van der Waals surface area contributed by atoms with Gasteiger partial charge in [-0.3, -0.25) is 26.6 Å². The number of aliphatic carboxylic acids is 1. The first kappa shape index (κ1) is 90.1. The molecule has 1 heterocycles. The molecule has 1 atom stereocenters. The van der Waals surface area contributed by atoms with Crippen molar-refractivity contribution in [3.8, 4) is 0 Å². The Morgan fingerprint density at radius 1 is 0.778 bits per heavy atom. The summed E-state index contributed by atoms with van der Waals surface area (Å²) in [7, 11) is 1.35. The molecule has 1 saturated heterocycles. The first-order valence-corrected chi connectivity index (χ1v) is 15.8. The molecular formula is C34H69B3N5O9Y3-6. The van der Waals surface area contributed by atoms with Crippen LogP contribution in [0, 0.1) is 41.5 Å². The molecule has 5 amide bonds. The Bertz CT molecular complexity index is 749. The van der Waals surface area contributed by atoms with Crippen molar-refractivity contribution in [2.45, 2.75) is 111 Å². The van der Waals surface area contributed by atoms with Crippen molar-refractivity contribution in [1.82, 2.24) is 21.3 Å². The van der Waals surface area contributed by atoms with Gasteiger partial charge in [-0.25, -0.2) is 4.79 Å². The molecule has 0 aromatic rings. The van der Waals surface area contributed by atoms with Crippen molar-refractivity contribution < 1.29 is 142 Å². The van der Waals surface area contributed by atoms with E-state index in [1.165, 1.54) is 45.6 Å². The third-order valence-corrected chi connectivity index (χ3v) is 4.66. The smallest absolute Gasteiger partial charge is 0.322 e. The molecule has 8 N–H and O–H groups in total. The van der Waals surface area contributed by atoms with Gasteiger partial charge in [-0.2, -0.15) is 19.3 Å². The Hall–Kier alpha value is -0.144. The summed E-state index contributed by atoms with van der Waals surface area (Å²) in [5, 5.41) is 24.9. The van der Waals surface area contributed by atoms with E-state index in [-0.39, 0.29) is 155 Å². The normalized spacial score (nSPS) is 10.1. The number of carbonyl (C=O) groups is 6. The zero-order chi connectivity index (χ0) is 37.9. The maximum absolute atomic E-state index is 10.9. The molecule has 0 aliphatic carbocycles. The predicted molar refractivity (Wildman–Crippen MR) is 211 cm³/mol. The largest absolute Gasteiger partial charge is 0.503 e. The second-order valence-corrected chi connectivity index (χ2v) is 9.21. The van der Waals surface area contributed by atoms with Crippen molar-refractivity contribution in [3.05, 3.63) is 41.5 Å². The maximum Gasteiger partial charge on any atom is 0.322 e. The number of imide groups is 1. The van der Waals surface area contributed by atoms with Crippen molar-refractivity contribution in [2.24, 2.45) is 5.73 Å². The Balaban J connectivity index is -0.0000000336. The number of nitrogens with two attached hydrogens (primary N) is 1. The van der Waals surface area contributed by atoms with E-state index in [4.69, 9.17) is 20.7 Å². The number of carbonyl (C=O) groups excluding carboxylic acids is 5. The van der Waals surface area contributed by atoms with E-state index < -0.39 is 23.9 Å². The summed E-state index contributed by atoms with van der Waals surface area (Å²) >= 11 is 0. The first-order chi connectivity index (χ1) is 22.1. The Morgan fingerprint density at radius 2 is 1.13 bits per heavy atom. The van der Waals surface area contributed by atoms with Gasteiger partial charge in [0.05, 0.1) is 25.3 Å². The average Bonchev–Trinajstić information content (AvgIpc) is 3.32. The van der Waals surface area contributed by atoms with Gasteiger partial charge < -0.3 is 80.8 Å². The quantitative estimate of drug-likeness (QED) is 0.0443. The van der Waals surface area contributed by atoms with Crippen LogP contribution in [0.3, 0.4) is 0 Å². The van der Waals surface area contributed by atoms with Gasteiger partial charge in [0.15, 0.2) is 5.97 Å². The van der Waals surface area contributed by atoms with E-state index in [0.717, 1.165) is 19.3 Å². The Kier molecular flexibility index (Phi) is 135. The fraction of sp³-hybridized carbons (Fsp3) is 0.647. The van der Waals surface area contributed by atoms with E-state index in [2.05, 4.69) is 88.3 Å². The topological polar surface area (TPSA) is 226 Å². The van der Waals surface area contributed by atoms with Crippen LogP contribution in [-0.2, 0) is 127 Å². The van der Waals surface area contributed by atoms with Gasteiger partial charge >= 0.3 is 12.0 Å². The van der Waals surface area contributed by atoms with E-state index in [1.54, 1.807) is 0 Å². The SMILES string of the molecule is C.COC(=O)CCN.[B].[B].[B].[CH2-]C(=O)NCCC1NC(=O)NC1=O.[CH2-]C(=O)NCCCO.[CH2-]C(=O)O.[CH2-]CCCC.[CH2-]CCCC.[CH2-]CCCC.[Y].[Y].[Y]. The van der Waals surface area contributed by atoms with Gasteiger partial charge in [0.25, 0.3) is 5.91 Å². The van der Waals surface area contributed by atoms with Gasteiger partial charge in [-0.05, 0) is 12.8 Å². The molecule has 0 saturated carbocycles. The minimum absolute atomic E-state index is 0. The number of methoxy groups -OCH3 is 1. The molecule has 54 heavy (non-hydrogen) atoms. The van der Waals surface area contributed by atoms with Crippen LogP contribution in [0.2, 0.25) is 0 Å². The summed E-state index contributed by atoms with van der Waals surface area (Å²) in [5.74, 6) is -2.38. The minimum Gasteiger partial charge on any atom is -0.503 e. The minimum atomic E-state index is -1.08. The molecule has 0 bridgehead atoms. The van der Waals surface area contributed by atoms with Crippen molar-refractivity contribution in [3.63, 3.8) is 0 Å². The number of esters is 1. The molecule has 1 aliphatic rings. The number of carboxylic acid groups (broad SMARTS) is 1.